The Kier molecular flexibility index (Phi) is 6.10. The lowest BCUT2D eigenvalue weighted by Crippen LogP contribution is -2.14. The van der Waals surface area contributed by atoms with E-state index in [0.717, 1.165) is 23.0 Å². The molecule has 0 bridgehead atoms. The van der Waals surface area contributed by atoms with E-state index in [1.165, 1.54) is 12.5 Å². The van der Waals surface area contributed by atoms with Gasteiger partial charge in [-0.15, -0.1) is 10.2 Å². The van der Waals surface area contributed by atoms with Crippen molar-refractivity contribution in [3.8, 4) is 11.5 Å². The molecule has 0 aliphatic heterocycles. The molecule has 0 fully saturated rings. The summed E-state index contributed by atoms with van der Waals surface area (Å²) < 4.78 is 5.61. The van der Waals surface area contributed by atoms with Crippen molar-refractivity contribution in [1.82, 2.24) is 10.2 Å². The Bertz CT molecular complexity index is 1020. The van der Waals surface area contributed by atoms with Gasteiger partial charge in [-0.25, -0.2) is 0 Å². The molecule has 2 amide bonds. The normalized spacial score (nSPS) is 10.5. The number of aromatic nitrogens is 2. The van der Waals surface area contributed by atoms with E-state index in [9.17, 15) is 9.59 Å². The molecule has 7 nitrogen and oxygen atoms in total. The smallest absolute Gasteiger partial charge is 0.277 e. The second-order valence-electron chi connectivity index (χ2n) is 6.27. The summed E-state index contributed by atoms with van der Waals surface area (Å²) in [5.41, 5.74) is 4.38. The Morgan fingerprint density at radius 3 is 2.54 bits per heavy atom. The van der Waals surface area contributed by atoms with E-state index in [1.54, 1.807) is 24.3 Å². The fourth-order valence-electron chi connectivity index (χ4n) is 2.46. The third-order valence-corrected chi connectivity index (χ3v) is 4.77. The van der Waals surface area contributed by atoms with Crippen molar-refractivity contribution in [2.45, 2.75) is 26.0 Å². The molecule has 2 aromatic carbocycles. The van der Waals surface area contributed by atoms with Gasteiger partial charge in [0.05, 0.1) is 5.75 Å². The van der Waals surface area contributed by atoms with Gasteiger partial charge in [0.25, 0.3) is 5.22 Å². The van der Waals surface area contributed by atoms with Crippen LogP contribution in [0.3, 0.4) is 0 Å². The first kappa shape index (κ1) is 19.6. The van der Waals surface area contributed by atoms with Crippen LogP contribution >= 0.6 is 11.8 Å². The molecule has 2 N–H and O–H groups in total. The number of aryl methyl sites for hydroxylation is 2. The van der Waals surface area contributed by atoms with Gasteiger partial charge < -0.3 is 15.1 Å². The topological polar surface area (TPSA) is 97.1 Å². The molecule has 0 atom stereocenters. The molecule has 1 aromatic heterocycles. The third kappa shape index (κ3) is 5.20. The van der Waals surface area contributed by atoms with Gasteiger partial charge in [0.2, 0.25) is 17.7 Å². The number of amides is 2. The zero-order valence-electron chi connectivity index (χ0n) is 15.8. The summed E-state index contributed by atoms with van der Waals surface area (Å²) in [6, 6.07) is 12.9. The van der Waals surface area contributed by atoms with Crippen molar-refractivity contribution in [2.24, 2.45) is 0 Å². The Labute approximate surface area is 166 Å². The van der Waals surface area contributed by atoms with Crippen molar-refractivity contribution in [2.75, 3.05) is 16.4 Å². The molecule has 0 unspecified atom stereocenters. The zero-order valence-corrected chi connectivity index (χ0v) is 16.6. The largest absolute Gasteiger partial charge is 0.411 e. The number of hydrogen-bond acceptors (Lipinski definition) is 6. The molecule has 0 saturated heterocycles. The number of carbonyl (C=O) groups excluding carboxylic acids is 2. The SMILES string of the molecule is CC(=O)Nc1cccc(-c2nnc(SCC(=O)Nc3ccc(C)c(C)c3)o2)c1. The van der Waals surface area contributed by atoms with E-state index >= 15 is 0 Å². The molecule has 0 spiro atoms. The highest BCUT2D eigenvalue weighted by Crippen LogP contribution is 2.25. The quantitative estimate of drug-likeness (QED) is 0.610. The van der Waals surface area contributed by atoms with Gasteiger partial charge in [-0.2, -0.15) is 0 Å². The zero-order chi connectivity index (χ0) is 20.1. The summed E-state index contributed by atoms with van der Waals surface area (Å²) >= 11 is 1.16. The van der Waals surface area contributed by atoms with Gasteiger partial charge in [0.1, 0.15) is 0 Å². The average molecular weight is 396 g/mol. The van der Waals surface area contributed by atoms with Crippen LogP contribution in [0.1, 0.15) is 18.1 Å². The van der Waals surface area contributed by atoms with E-state index in [-0.39, 0.29) is 17.6 Å². The predicted molar refractivity (Wildman–Crippen MR) is 109 cm³/mol. The van der Waals surface area contributed by atoms with Crippen molar-refractivity contribution in [1.29, 1.82) is 0 Å². The second kappa shape index (κ2) is 8.71. The summed E-state index contributed by atoms with van der Waals surface area (Å²) in [7, 11) is 0. The van der Waals surface area contributed by atoms with Crippen LogP contribution in [-0.4, -0.2) is 27.8 Å². The molecule has 0 aliphatic carbocycles. The Morgan fingerprint density at radius 1 is 1.00 bits per heavy atom. The van der Waals surface area contributed by atoms with Crippen LogP contribution < -0.4 is 10.6 Å². The van der Waals surface area contributed by atoms with Crippen molar-refractivity contribution < 1.29 is 14.0 Å². The maximum absolute atomic E-state index is 12.1. The minimum absolute atomic E-state index is 0.152. The molecule has 0 radical (unpaired) electrons. The van der Waals surface area contributed by atoms with Crippen LogP contribution in [0, 0.1) is 13.8 Å². The Balaban J connectivity index is 1.59. The molecule has 0 saturated carbocycles. The highest BCUT2D eigenvalue weighted by Gasteiger charge is 2.12. The standard InChI is InChI=1S/C20H20N4O3S/c1-12-7-8-17(9-13(12)2)22-18(26)11-28-20-24-23-19(27-20)15-5-4-6-16(10-15)21-14(3)25/h4-10H,11H2,1-3H3,(H,21,25)(H,22,26). The van der Waals surface area contributed by atoms with Crippen molar-refractivity contribution in [3.63, 3.8) is 0 Å². The molecule has 0 aliphatic rings. The minimum Gasteiger partial charge on any atom is -0.411 e. The van der Waals surface area contributed by atoms with Crippen LogP contribution in [0.25, 0.3) is 11.5 Å². The number of nitrogens with zero attached hydrogens (tertiary/aromatic N) is 2. The van der Waals surface area contributed by atoms with Crippen LogP contribution in [0.4, 0.5) is 11.4 Å². The van der Waals surface area contributed by atoms with E-state index in [2.05, 4.69) is 20.8 Å². The minimum atomic E-state index is -0.159. The molecule has 28 heavy (non-hydrogen) atoms. The number of rotatable bonds is 6. The van der Waals surface area contributed by atoms with E-state index in [0.29, 0.717) is 22.4 Å². The first-order valence-corrected chi connectivity index (χ1v) is 9.61. The lowest BCUT2D eigenvalue weighted by atomic mass is 10.1. The second-order valence-corrected chi connectivity index (χ2v) is 7.20. The first-order valence-electron chi connectivity index (χ1n) is 8.62. The number of anilines is 2. The highest BCUT2D eigenvalue weighted by atomic mass is 32.2. The van der Waals surface area contributed by atoms with E-state index in [1.807, 2.05) is 32.0 Å². The lowest BCUT2D eigenvalue weighted by molar-refractivity contribution is -0.114. The highest BCUT2D eigenvalue weighted by molar-refractivity contribution is 7.99. The predicted octanol–water partition coefficient (Wildman–Crippen LogP) is 4.04. The van der Waals surface area contributed by atoms with Crippen LogP contribution in [0.5, 0.6) is 0 Å². The fraction of sp³-hybridized carbons (Fsp3) is 0.200. The number of benzene rings is 2. The molecule has 3 aromatic rings. The molecule has 8 heteroatoms. The molecule has 3 rings (SSSR count). The van der Waals surface area contributed by atoms with Gasteiger partial charge in [-0.05, 0) is 55.3 Å². The third-order valence-electron chi connectivity index (χ3n) is 3.95. The van der Waals surface area contributed by atoms with Crippen molar-refractivity contribution >= 4 is 35.0 Å². The van der Waals surface area contributed by atoms with Gasteiger partial charge >= 0.3 is 0 Å². The first-order chi connectivity index (χ1) is 13.4. The summed E-state index contributed by atoms with van der Waals surface area (Å²) in [4.78, 5) is 23.3. The van der Waals surface area contributed by atoms with Gasteiger partial charge in [-0.1, -0.05) is 23.9 Å². The summed E-state index contributed by atoms with van der Waals surface area (Å²) in [6.07, 6.45) is 0. The summed E-state index contributed by atoms with van der Waals surface area (Å²) in [6.45, 7) is 5.47. The van der Waals surface area contributed by atoms with Crippen molar-refractivity contribution in [3.05, 3.63) is 53.6 Å². The Hall–Kier alpha value is -3.13. The number of thioether (sulfide) groups is 1. The molecular formula is C20H20N4O3S. The van der Waals surface area contributed by atoms with Crippen LogP contribution in [-0.2, 0) is 9.59 Å². The number of carbonyl (C=O) groups is 2. The molecule has 1 heterocycles. The van der Waals surface area contributed by atoms with E-state index in [4.69, 9.17) is 4.42 Å². The van der Waals surface area contributed by atoms with Gasteiger partial charge in [0.15, 0.2) is 0 Å². The fourth-order valence-corrected chi connectivity index (χ4v) is 3.02. The van der Waals surface area contributed by atoms with Crippen LogP contribution in [0.15, 0.2) is 52.1 Å². The van der Waals surface area contributed by atoms with Gasteiger partial charge in [0, 0.05) is 23.9 Å². The van der Waals surface area contributed by atoms with E-state index < -0.39 is 0 Å². The maximum Gasteiger partial charge on any atom is 0.277 e. The number of hydrogen-bond donors (Lipinski definition) is 2. The van der Waals surface area contributed by atoms with Gasteiger partial charge in [-0.3, -0.25) is 9.59 Å². The lowest BCUT2D eigenvalue weighted by Gasteiger charge is -2.06. The summed E-state index contributed by atoms with van der Waals surface area (Å²) in [5.74, 6) is 0.166. The molecular weight excluding hydrogens is 376 g/mol. The number of nitrogens with one attached hydrogen (secondary N) is 2. The maximum atomic E-state index is 12.1. The van der Waals surface area contributed by atoms with Crippen LogP contribution in [0.2, 0.25) is 0 Å². The monoisotopic (exact) mass is 396 g/mol. The summed E-state index contributed by atoms with van der Waals surface area (Å²) in [5, 5.41) is 13.8. The average Bonchev–Trinajstić information content (AvgIpc) is 3.12. The Morgan fingerprint density at radius 2 is 1.79 bits per heavy atom. The molecule has 144 valence electrons.